The van der Waals surface area contributed by atoms with Gasteiger partial charge in [0, 0.05) is 0 Å². The van der Waals surface area contributed by atoms with E-state index in [0.717, 1.165) is 24.2 Å². The highest BCUT2D eigenvalue weighted by molar-refractivity contribution is 5.68. The highest BCUT2D eigenvalue weighted by Gasteiger charge is 2.33. The van der Waals surface area contributed by atoms with Crippen LogP contribution in [0, 0.1) is 5.92 Å². The van der Waals surface area contributed by atoms with Crippen molar-refractivity contribution in [3.8, 4) is 5.75 Å². The van der Waals surface area contributed by atoms with Gasteiger partial charge in [0.15, 0.2) is 0 Å². The first-order valence-corrected chi connectivity index (χ1v) is 5.56. The molecule has 1 aliphatic carbocycles. The molecule has 0 heterocycles. The first-order valence-electron chi connectivity index (χ1n) is 5.56. The Hall–Kier alpha value is -1.51. The summed E-state index contributed by atoms with van der Waals surface area (Å²) in [5, 5.41) is 8.92. The summed E-state index contributed by atoms with van der Waals surface area (Å²) >= 11 is 0. The number of carboxylic acid groups (broad SMARTS) is 1. The lowest BCUT2D eigenvalue weighted by atomic mass is 9.91. The van der Waals surface area contributed by atoms with Gasteiger partial charge in [0.05, 0.1) is 13.5 Å². The Balaban J connectivity index is 2.20. The molecule has 1 N–H and O–H groups in total. The first-order chi connectivity index (χ1) is 7.70. The Morgan fingerprint density at radius 2 is 2.31 bits per heavy atom. The van der Waals surface area contributed by atoms with Crippen LogP contribution in [0.2, 0.25) is 0 Å². The maximum Gasteiger partial charge on any atom is 0.303 e. The molecule has 0 radical (unpaired) electrons. The highest BCUT2D eigenvalue weighted by atomic mass is 16.5. The molecule has 1 aliphatic rings. The number of aliphatic carboxylic acids is 1. The molecule has 0 aromatic heterocycles. The summed E-state index contributed by atoms with van der Waals surface area (Å²) in [6.45, 7) is 0. The second kappa shape index (κ2) is 4.56. The third-order valence-electron chi connectivity index (χ3n) is 3.11. The van der Waals surface area contributed by atoms with Crippen molar-refractivity contribution >= 4 is 5.97 Å². The predicted octanol–water partition coefficient (Wildman–Crippen LogP) is 2.66. The summed E-state index contributed by atoms with van der Waals surface area (Å²) in [4.78, 5) is 10.8. The summed E-state index contributed by atoms with van der Waals surface area (Å²) in [6.07, 6.45) is 2.52. The van der Waals surface area contributed by atoms with Crippen LogP contribution in [0.1, 0.15) is 30.7 Å². The quantitative estimate of drug-likeness (QED) is 0.829. The smallest absolute Gasteiger partial charge is 0.303 e. The van der Waals surface area contributed by atoms with Crippen molar-refractivity contribution in [2.45, 2.75) is 25.2 Å². The van der Waals surface area contributed by atoms with Gasteiger partial charge in [-0.05, 0) is 42.4 Å². The lowest BCUT2D eigenvalue weighted by Gasteiger charge is -2.15. The zero-order valence-electron chi connectivity index (χ0n) is 9.35. The van der Waals surface area contributed by atoms with E-state index < -0.39 is 5.97 Å². The van der Waals surface area contributed by atoms with E-state index in [2.05, 4.69) is 0 Å². The topological polar surface area (TPSA) is 46.5 Å². The van der Waals surface area contributed by atoms with Crippen LogP contribution in [0.5, 0.6) is 5.75 Å². The molecule has 3 nitrogen and oxygen atoms in total. The Kier molecular flexibility index (Phi) is 3.13. The Morgan fingerprint density at radius 3 is 2.88 bits per heavy atom. The number of methoxy groups -OCH3 is 1. The van der Waals surface area contributed by atoms with Crippen LogP contribution in [0.4, 0.5) is 0 Å². The van der Waals surface area contributed by atoms with Crippen molar-refractivity contribution in [2.24, 2.45) is 5.92 Å². The van der Waals surface area contributed by atoms with E-state index in [9.17, 15) is 4.79 Å². The number of rotatable bonds is 5. The van der Waals surface area contributed by atoms with Crippen LogP contribution in [0.3, 0.4) is 0 Å². The monoisotopic (exact) mass is 220 g/mol. The molecule has 16 heavy (non-hydrogen) atoms. The van der Waals surface area contributed by atoms with Gasteiger partial charge >= 0.3 is 5.97 Å². The molecule has 0 amide bonds. The molecule has 1 saturated carbocycles. The molecular formula is C13H16O3. The van der Waals surface area contributed by atoms with Crippen molar-refractivity contribution in [3.05, 3.63) is 29.8 Å². The minimum Gasteiger partial charge on any atom is -0.497 e. The number of carboxylic acids is 1. The molecule has 2 rings (SSSR count). The first kappa shape index (κ1) is 11.0. The van der Waals surface area contributed by atoms with Crippen molar-refractivity contribution in [1.82, 2.24) is 0 Å². The molecule has 0 aliphatic heterocycles. The van der Waals surface area contributed by atoms with E-state index in [-0.39, 0.29) is 12.3 Å². The molecule has 1 aromatic rings. The van der Waals surface area contributed by atoms with E-state index in [4.69, 9.17) is 9.84 Å². The second-order valence-electron chi connectivity index (χ2n) is 4.32. The molecule has 86 valence electrons. The van der Waals surface area contributed by atoms with E-state index in [0.29, 0.717) is 5.92 Å². The molecule has 0 unspecified atom stereocenters. The number of hydrogen-bond donors (Lipinski definition) is 1. The summed E-state index contributed by atoms with van der Waals surface area (Å²) in [6, 6.07) is 7.75. The summed E-state index contributed by atoms with van der Waals surface area (Å²) in [7, 11) is 1.63. The number of carbonyl (C=O) groups is 1. The van der Waals surface area contributed by atoms with E-state index in [1.54, 1.807) is 7.11 Å². The summed E-state index contributed by atoms with van der Waals surface area (Å²) in [5.74, 6) is 0.768. The lowest BCUT2D eigenvalue weighted by molar-refractivity contribution is -0.137. The predicted molar refractivity (Wildman–Crippen MR) is 60.7 cm³/mol. The third-order valence-corrected chi connectivity index (χ3v) is 3.11. The molecule has 3 heteroatoms. The number of ether oxygens (including phenoxy) is 1. The van der Waals surface area contributed by atoms with Gasteiger partial charge in [-0.3, -0.25) is 4.79 Å². The maximum absolute atomic E-state index is 10.8. The molecule has 0 spiro atoms. The largest absolute Gasteiger partial charge is 0.497 e. The van der Waals surface area contributed by atoms with Gasteiger partial charge in [-0.1, -0.05) is 12.1 Å². The van der Waals surface area contributed by atoms with Crippen LogP contribution >= 0.6 is 0 Å². The fourth-order valence-corrected chi connectivity index (χ4v) is 2.12. The lowest BCUT2D eigenvalue weighted by Crippen LogP contribution is -2.08. The fraction of sp³-hybridized carbons (Fsp3) is 0.462. The van der Waals surface area contributed by atoms with E-state index >= 15 is 0 Å². The second-order valence-corrected chi connectivity index (χ2v) is 4.32. The Labute approximate surface area is 95.0 Å². The van der Waals surface area contributed by atoms with Crippen LogP contribution < -0.4 is 4.74 Å². The molecule has 1 fully saturated rings. The molecule has 0 bridgehead atoms. The SMILES string of the molecule is COc1cccc([C@@H](CC(=O)O)C2CC2)c1. The van der Waals surface area contributed by atoms with E-state index in [1.165, 1.54) is 0 Å². The van der Waals surface area contributed by atoms with Crippen molar-refractivity contribution < 1.29 is 14.6 Å². The van der Waals surface area contributed by atoms with E-state index in [1.807, 2.05) is 24.3 Å². The normalized spacial score (nSPS) is 16.8. The summed E-state index contributed by atoms with van der Waals surface area (Å²) < 4.78 is 5.16. The standard InChI is InChI=1S/C13H16O3/c1-16-11-4-2-3-10(7-11)12(8-13(14)15)9-5-6-9/h2-4,7,9,12H,5-6,8H2,1H3,(H,14,15)/t12-/m0/s1. The van der Waals surface area contributed by atoms with Gasteiger partial charge in [-0.2, -0.15) is 0 Å². The fourth-order valence-electron chi connectivity index (χ4n) is 2.12. The molecule has 0 saturated heterocycles. The zero-order chi connectivity index (χ0) is 11.5. The minimum absolute atomic E-state index is 0.146. The van der Waals surface area contributed by atoms with Gasteiger partial charge in [0.2, 0.25) is 0 Å². The van der Waals surface area contributed by atoms with Gasteiger partial charge in [-0.15, -0.1) is 0 Å². The van der Waals surface area contributed by atoms with Gasteiger partial charge in [0.1, 0.15) is 5.75 Å². The zero-order valence-corrected chi connectivity index (χ0v) is 9.35. The molecule has 1 aromatic carbocycles. The van der Waals surface area contributed by atoms with Crippen molar-refractivity contribution in [2.75, 3.05) is 7.11 Å². The van der Waals surface area contributed by atoms with Gasteiger partial charge < -0.3 is 9.84 Å². The van der Waals surface area contributed by atoms with Crippen molar-refractivity contribution in [3.63, 3.8) is 0 Å². The average molecular weight is 220 g/mol. The third kappa shape index (κ3) is 2.54. The minimum atomic E-state index is -0.722. The van der Waals surface area contributed by atoms with Crippen LogP contribution in [-0.4, -0.2) is 18.2 Å². The van der Waals surface area contributed by atoms with Crippen molar-refractivity contribution in [1.29, 1.82) is 0 Å². The molecule has 1 atom stereocenters. The highest BCUT2D eigenvalue weighted by Crippen LogP contribution is 2.44. The van der Waals surface area contributed by atoms with Gasteiger partial charge in [-0.25, -0.2) is 0 Å². The number of benzene rings is 1. The van der Waals surface area contributed by atoms with Crippen LogP contribution in [0.25, 0.3) is 0 Å². The van der Waals surface area contributed by atoms with Gasteiger partial charge in [0.25, 0.3) is 0 Å². The van der Waals surface area contributed by atoms with Crippen LogP contribution in [0.15, 0.2) is 24.3 Å². The Bertz CT molecular complexity index is 383. The maximum atomic E-state index is 10.8. The Morgan fingerprint density at radius 1 is 1.56 bits per heavy atom. The van der Waals surface area contributed by atoms with Crippen LogP contribution in [-0.2, 0) is 4.79 Å². The number of hydrogen-bond acceptors (Lipinski definition) is 2. The molecular weight excluding hydrogens is 204 g/mol. The average Bonchev–Trinajstić information content (AvgIpc) is 3.09. The summed E-state index contributed by atoms with van der Waals surface area (Å²) in [5.41, 5.74) is 1.09.